The van der Waals surface area contributed by atoms with Crippen molar-refractivity contribution in [1.82, 2.24) is 4.90 Å². The largest absolute Gasteiger partial charge is 0.380 e. The maximum Gasteiger partial charge on any atom is 0.101 e. The zero-order valence-electron chi connectivity index (χ0n) is 13.6. The summed E-state index contributed by atoms with van der Waals surface area (Å²) >= 11 is 0. The van der Waals surface area contributed by atoms with Crippen LogP contribution in [0.1, 0.15) is 29.5 Å². The van der Waals surface area contributed by atoms with E-state index in [1.165, 1.54) is 5.56 Å². The molecule has 3 rings (SSSR count). The first-order chi connectivity index (χ1) is 11.8. The molecule has 0 unspecified atom stereocenters. The fraction of sp³-hybridized carbons (Fsp3) is 0.300. The average molecular weight is 316 g/mol. The minimum atomic E-state index is 0.304. The number of anilines is 1. The Balaban J connectivity index is 1.60. The van der Waals surface area contributed by atoms with E-state index in [2.05, 4.69) is 46.6 Å². The SMILES string of the molecule is N#Cc1cccc(C#N)c1NC1CCN(Cc2ccccc2)CC1. The van der Waals surface area contributed by atoms with E-state index in [0.29, 0.717) is 22.9 Å². The predicted octanol–water partition coefficient (Wildman–Crippen LogP) is 3.51. The van der Waals surface area contributed by atoms with E-state index in [-0.39, 0.29) is 0 Å². The van der Waals surface area contributed by atoms with Gasteiger partial charge in [0.15, 0.2) is 0 Å². The summed E-state index contributed by atoms with van der Waals surface area (Å²) in [6.07, 6.45) is 2.02. The van der Waals surface area contributed by atoms with Crippen LogP contribution in [-0.2, 0) is 6.54 Å². The number of benzene rings is 2. The van der Waals surface area contributed by atoms with Crippen molar-refractivity contribution in [3.05, 3.63) is 65.2 Å². The first kappa shape index (κ1) is 16.1. The first-order valence-corrected chi connectivity index (χ1v) is 8.26. The monoisotopic (exact) mass is 316 g/mol. The number of hydrogen-bond donors (Lipinski definition) is 1. The molecule has 1 heterocycles. The maximum atomic E-state index is 9.27. The van der Waals surface area contributed by atoms with Gasteiger partial charge in [0.1, 0.15) is 12.1 Å². The van der Waals surface area contributed by atoms with Crippen LogP contribution < -0.4 is 5.32 Å². The molecule has 1 aliphatic rings. The number of rotatable bonds is 4. The zero-order chi connectivity index (χ0) is 16.8. The molecule has 0 bridgehead atoms. The molecule has 1 N–H and O–H groups in total. The highest BCUT2D eigenvalue weighted by Gasteiger charge is 2.21. The second-order valence-electron chi connectivity index (χ2n) is 6.13. The smallest absolute Gasteiger partial charge is 0.101 e. The summed E-state index contributed by atoms with van der Waals surface area (Å²) in [6, 6.07) is 20.4. The van der Waals surface area contributed by atoms with Gasteiger partial charge in [0.2, 0.25) is 0 Å². The lowest BCUT2D eigenvalue weighted by atomic mass is 10.0. The molecule has 4 heteroatoms. The summed E-state index contributed by atoms with van der Waals surface area (Å²) < 4.78 is 0. The fourth-order valence-electron chi connectivity index (χ4n) is 3.18. The first-order valence-electron chi connectivity index (χ1n) is 8.26. The molecule has 120 valence electrons. The van der Waals surface area contributed by atoms with E-state index in [1.54, 1.807) is 18.2 Å². The van der Waals surface area contributed by atoms with Gasteiger partial charge in [-0.25, -0.2) is 0 Å². The minimum Gasteiger partial charge on any atom is -0.380 e. The van der Waals surface area contributed by atoms with E-state index < -0.39 is 0 Å². The number of hydrogen-bond acceptors (Lipinski definition) is 4. The molecule has 0 spiro atoms. The van der Waals surface area contributed by atoms with Crippen molar-refractivity contribution in [3.8, 4) is 12.1 Å². The van der Waals surface area contributed by atoms with Crippen molar-refractivity contribution in [2.45, 2.75) is 25.4 Å². The van der Waals surface area contributed by atoms with Gasteiger partial charge in [-0.15, -0.1) is 0 Å². The normalized spacial score (nSPS) is 15.4. The Hall–Kier alpha value is -2.82. The standard InChI is InChI=1S/C20H20N4/c21-13-17-7-4-8-18(14-22)20(17)23-19-9-11-24(12-10-19)15-16-5-2-1-3-6-16/h1-8,19,23H,9-12,15H2. The molecule has 0 radical (unpaired) electrons. The molecular formula is C20H20N4. The molecule has 0 aromatic heterocycles. The number of likely N-dealkylation sites (tertiary alicyclic amines) is 1. The highest BCUT2D eigenvalue weighted by molar-refractivity contribution is 5.67. The van der Waals surface area contributed by atoms with Crippen LogP contribution in [-0.4, -0.2) is 24.0 Å². The topological polar surface area (TPSA) is 62.9 Å². The summed E-state index contributed by atoms with van der Waals surface area (Å²) in [5.41, 5.74) is 3.11. The Labute approximate surface area is 142 Å². The molecule has 0 aliphatic carbocycles. The summed E-state index contributed by atoms with van der Waals surface area (Å²) in [5.74, 6) is 0. The molecule has 1 fully saturated rings. The van der Waals surface area contributed by atoms with Crippen molar-refractivity contribution in [2.24, 2.45) is 0 Å². The van der Waals surface area contributed by atoms with Gasteiger partial charge in [-0.2, -0.15) is 10.5 Å². The molecule has 2 aromatic carbocycles. The third kappa shape index (κ3) is 3.74. The van der Waals surface area contributed by atoms with Crippen LogP contribution in [0.5, 0.6) is 0 Å². The Morgan fingerprint density at radius 1 is 0.917 bits per heavy atom. The summed E-state index contributed by atoms with van der Waals surface area (Å²) in [6.45, 7) is 3.01. The number of nitrogens with zero attached hydrogens (tertiary/aromatic N) is 3. The van der Waals surface area contributed by atoms with Gasteiger partial charge in [0.25, 0.3) is 0 Å². The molecule has 2 aromatic rings. The van der Waals surface area contributed by atoms with Gasteiger partial charge in [0.05, 0.1) is 16.8 Å². The van der Waals surface area contributed by atoms with Gasteiger partial charge in [-0.1, -0.05) is 36.4 Å². The van der Waals surface area contributed by atoms with E-state index in [1.807, 2.05) is 6.07 Å². The number of para-hydroxylation sites is 1. The third-order valence-electron chi connectivity index (χ3n) is 4.49. The molecule has 4 nitrogen and oxygen atoms in total. The fourth-order valence-corrected chi connectivity index (χ4v) is 3.18. The van der Waals surface area contributed by atoms with E-state index >= 15 is 0 Å². The number of nitrogens with one attached hydrogen (secondary N) is 1. The van der Waals surface area contributed by atoms with E-state index in [9.17, 15) is 10.5 Å². The molecule has 0 saturated carbocycles. The second-order valence-corrected chi connectivity index (χ2v) is 6.13. The van der Waals surface area contributed by atoms with E-state index in [4.69, 9.17) is 0 Å². The average Bonchev–Trinajstić information content (AvgIpc) is 2.64. The Kier molecular flexibility index (Phi) is 5.11. The highest BCUT2D eigenvalue weighted by atomic mass is 15.1. The second kappa shape index (κ2) is 7.64. The van der Waals surface area contributed by atoms with Crippen molar-refractivity contribution in [3.63, 3.8) is 0 Å². The summed E-state index contributed by atoms with van der Waals surface area (Å²) in [4.78, 5) is 2.45. The molecular weight excluding hydrogens is 296 g/mol. The Morgan fingerprint density at radius 2 is 1.54 bits per heavy atom. The lowest BCUT2D eigenvalue weighted by molar-refractivity contribution is 0.211. The van der Waals surface area contributed by atoms with Crippen LogP contribution in [0.2, 0.25) is 0 Å². The van der Waals surface area contributed by atoms with Crippen LogP contribution in [0.3, 0.4) is 0 Å². The molecule has 0 amide bonds. The highest BCUT2D eigenvalue weighted by Crippen LogP contribution is 2.24. The van der Waals surface area contributed by atoms with Gasteiger partial charge in [-0.3, -0.25) is 4.90 Å². The quantitative estimate of drug-likeness (QED) is 0.937. The maximum absolute atomic E-state index is 9.27. The predicted molar refractivity (Wildman–Crippen MR) is 94.2 cm³/mol. The third-order valence-corrected chi connectivity index (χ3v) is 4.49. The molecule has 0 atom stereocenters. The van der Waals surface area contributed by atoms with Gasteiger partial charge >= 0.3 is 0 Å². The number of piperidine rings is 1. The molecule has 1 aliphatic heterocycles. The Bertz CT molecular complexity index is 730. The number of nitriles is 2. The van der Waals surface area contributed by atoms with Crippen molar-refractivity contribution in [2.75, 3.05) is 18.4 Å². The lowest BCUT2D eigenvalue weighted by Crippen LogP contribution is -2.38. The Morgan fingerprint density at radius 3 is 2.12 bits per heavy atom. The molecule has 1 saturated heterocycles. The van der Waals surface area contributed by atoms with Gasteiger partial charge in [-0.05, 0) is 30.5 Å². The van der Waals surface area contributed by atoms with Crippen molar-refractivity contribution >= 4 is 5.69 Å². The van der Waals surface area contributed by atoms with Crippen LogP contribution in [0, 0.1) is 22.7 Å². The van der Waals surface area contributed by atoms with Crippen molar-refractivity contribution in [1.29, 1.82) is 10.5 Å². The molecule has 24 heavy (non-hydrogen) atoms. The lowest BCUT2D eigenvalue weighted by Gasteiger charge is -2.33. The van der Waals surface area contributed by atoms with E-state index in [0.717, 1.165) is 32.5 Å². The minimum absolute atomic E-state index is 0.304. The van der Waals surface area contributed by atoms with Crippen LogP contribution >= 0.6 is 0 Å². The summed E-state index contributed by atoms with van der Waals surface area (Å²) in [5, 5.41) is 22.0. The van der Waals surface area contributed by atoms with Gasteiger partial charge in [0, 0.05) is 25.7 Å². The zero-order valence-corrected chi connectivity index (χ0v) is 13.6. The van der Waals surface area contributed by atoms with Crippen LogP contribution in [0.15, 0.2) is 48.5 Å². The van der Waals surface area contributed by atoms with Gasteiger partial charge < -0.3 is 5.32 Å². The van der Waals surface area contributed by atoms with Crippen molar-refractivity contribution < 1.29 is 0 Å². The summed E-state index contributed by atoms with van der Waals surface area (Å²) in [7, 11) is 0. The van der Waals surface area contributed by atoms with Crippen LogP contribution in [0.25, 0.3) is 0 Å². The van der Waals surface area contributed by atoms with Crippen LogP contribution in [0.4, 0.5) is 5.69 Å².